The number of aromatic nitrogens is 2. The van der Waals surface area contributed by atoms with Crippen LogP contribution in [0.2, 0.25) is 0 Å². The van der Waals surface area contributed by atoms with E-state index in [0.717, 1.165) is 24.9 Å². The summed E-state index contributed by atoms with van der Waals surface area (Å²) in [5, 5.41) is 20.9. The minimum absolute atomic E-state index is 0.127. The smallest absolute Gasteiger partial charge is 0.247 e. The molecule has 2 aromatic rings. The van der Waals surface area contributed by atoms with Gasteiger partial charge in [-0.1, -0.05) is 6.07 Å². The van der Waals surface area contributed by atoms with Crippen molar-refractivity contribution in [3.05, 3.63) is 30.2 Å². The minimum atomic E-state index is 0.127. The molecule has 20 heavy (non-hydrogen) atoms. The molecule has 108 valence electrons. The predicted octanol–water partition coefficient (Wildman–Crippen LogP) is 2.76. The number of aryl methyl sites for hydroxylation is 1. The highest BCUT2D eigenvalue weighted by atomic mass is 16.4. The molecule has 2 N–H and O–H groups in total. The number of phenols is 1. The summed E-state index contributed by atoms with van der Waals surface area (Å²) in [5.74, 6) is 1.26. The average molecular weight is 275 g/mol. The van der Waals surface area contributed by atoms with Crippen molar-refractivity contribution in [2.24, 2.45) is 0 Å². The Bertz CT molecular complexity index is 558. The fourth-order valence-corrected chi connectivity index (χ4v) is 1.81. The molecule has 0 spiro atoms. The normalized spacial score (nSPS) is 11.8. The van der Waals surface area contributed by atoms with E-state index in [1.165, 1.54) is 0 Å². The zero-order chi connectivity index (χ0) is 14.6. The van der Waals surface area contributed by atoms with E-state index in [4.69, 9.17) is 4.42 Å². The molecule has 0 aliphatic rings. The number of rotatable bonds is 5. The van der Waals surface area contributed by atoms with E-state index in [9.17, 15) is 5.11 Å². The summed E-state index contributed by atoms with van der Waals surface area (Å²) in [7, 11) is 0. The molecule has 0 aliphatic carbocycles. The van der Waals surface area contributed by atoms with Crippen LogP contribution in [0.5, 0.6) is 5.75 Å². The van der Waals surface area contributed by atoms with E-state index in [1.807, 2.05) is 6.07 Å². The fraction of sp³-hybridized carbons (Fsp3) is 0.467. The Morgan fingerprint density at radius 2 is 2.05 bits per heavy atom. The van der Waals surface area contributed by atoms with Crippen LogP contribution >= 0.6 is 0 Å². The molecule has 0 radical (unpaired) electrons. The first kappa shape index (κ1) is 14.5. The molecular formula is C15H21N3O2. The quantitative estimate of drug-likeness (QED) is 0.821. The molecular weight excluding hydrogens is 254 g/mol. The third-order valence-corrected chi connectivity index (χ3v) is 2.78. The number of benzene rings is 1. The zero-order valence-corrected chi connectivity index (χ0v) is 12.2. The number of hydrogen-bond donors (Lipinski definition) is 2. The van der Waals surface area contributed by atoms with Gasteiger partial charge in [0.2, 0.25) is 11.8 Å². The van der Waals surface area contributed by atoms with E-state index in [2.05, 4.69) is 36.3 Å². The fourth-order valence-electron chi connectivity index (χ4n) is 1.81. The molecule has 5 nitrogen and oxygen atoms in total. The summed E-state index contributed by atoms with van der Waals surface area (Å²) >= 11 is 0. The lowest BCUT2D eigenvalue weighted by molar-refractivity contribution is 0.412. The van der Waals surface area contributed by atoms with Gasteiger partial charge >= 0.3 is 0 Å². The first-order valence-corrected chi connectivity index (χ1v) is 6.81. The first-order valence-electron chi connectivity index (χ1n) is 6.81. The third-order valence-electron chi connectivity index (χ3n) is 2.78. The van der Waals surface area contributed by atoms with Gasteiger partial charge < -0.3 is 14.8 Å². The number of nitrogens with zero attached hydrogens (tertiary/aromatic N) is 2. The molecule has 1 heterocycles. The van der Waals surface area contributed by atoms with Crippen LogP contribution in [-0.4, -0.2) is 27.4 Å². The molecule has 0 bridgehead atoms. The van der Waals surface area contributed by atoms with Crippen molar-refractivity contribution in [2.75, 3.05) is 6.54 Å². The van der Waals surface area contributed by atoms with Crippen LogP contribution in [0.15, 0.2) is 28.7 Å². The largest absolute Gasteiger partial charge is 0.508 e. The second-order valence-electron chi connectivity index (χ2n) is 5.83. The molecule has 0 saturated heterocycles. The molecule has 0 saturated carbocycles. The molecule has 2 rings (SSSR count). The standard InChI is InChI=1S/C15H21N3O2/c1-15(2,3)16-9-5-8-13-17-18-14(20-13)11-6-4-7-12(19)10-11/h4,6-7,10,16,19H,5,8-9H2,1-3H3. The zero-order valence-electron chi connectivity index (χ0n) is 12.2. The van der Waals surface area contributed by atoms with Gasteiger partial charge in [0.15, 0.2) is 0 Å². The van der Waals surface area contributed by atoms with Crippen LogP contribution in [0, 0.1) is 0 Å². The van der Waals surface area contributed by atoms with Crippen molar-refractivity contribution in [3.63, 3.8) is 0 Å². The van der Waals surface area contributed by atoms with Crippen LogP contribution in [0.4, 0.5) is 0 Å². The van der Waals surface area contributed by atoms with Crippen LogP contribution in [0.25, 0.3) is 11.5 Å². The highest BCUT2D eigenvalue weighted by molar-refractivity contribution is 5.54. The van der Waals surface area contributed by atoms with Crippen molar-refractivity contribution >= 4 is 0 Å². The predicted molar refractivity (Wildman–Crippen MR) is 77.5 cm³/mol. The molecule has 0 atom stereocenters. The van der Waals surface area contributed by atoms with Gasteiger partial charge in [0, 0.05) is 17.5 Å². The third kappa shape index (κ3) is 4.35. The second-order valence-corrected chi connectivity index (χ2v) is 5.83. The van der Waals surface area contributed by atoms with Crippen LogP contribution in [0.3, 0.4) is 0 Å². The van der Waals surface area contributed by atoms with Gasteiger partial charge in [0.1, 0.15) is 5.75 Å². The summed E-state index contributed by atoms with van der Waals surface area (Å²) in [4.78, 5) is 0. The van der Waals surface area contributed by atoms with E-state index in [1.54, 1.807) is 18.2 Å². The second kappa shape index (κ2) is 6.05. The number of hydrogen-bond acceptors (Lipinski definition) is 5. The summed E-state index contributed by atoms with van der Waals surface area (Å²) < 4.78 is 5.60. The summed E-state index contributed by atoms with van der Waals surface area (Å²) in [6.07, 6.45) is 1.69. The van der Waals surface area contributed by atoms with Crippen molar-refractivity contribution in [2.45, 2.75) is 39.2 Å². The molecule has 1 aromatic heterocycles. The van der Waals surface area contributed by atoms with Crippen LogP contribution in [-0.2, 0) is 6.42 Å². The van der Waals surface area contributed by atoms with Crippen molar-refractivity contribution in [3.8, 4) is 17.2 Å². The van der Waals surface area contributed by atoms with Crippen LogP contribution < -0.4 is 5.32 Å². The highest BCUT2D eigenvalue weighted by Gasteiger charge is 2.10. The summed E-state index contributed by atoms with van der Waals surface area (Å²) in [6.45, 7) is 7.33. The number of nitrogens with one attached hydrogen (secondary N) is 1. The Labute approximate surface area is 119 Å². The van der Waals surface area contributed by atoms with E-state index >= 15 is 0 Å². The Hall–Kier alpha value is -1.88. The average Bonchev–Trinajstić information content (AvgIpc) is 2.82. The van der Waals surface area contributed by atoms with Gasteiger partial charge in [0.05, 0.1) is 0 Å². The molecule has 0 aliphatic heterocycles. The monoisotopic (exact) mass is 275 g/mol. The molecule has 0 amide bonds. The first-order chi connectivity index (χ1) is 9.44. The Balaban J connectivity index is 1.90. The Morgan fingerprint density at radius 3 is 2.75 bits per heavy atom. The van der Waals surface area contributed by atoms with Crippen LogP contribution in [0.1, 0.15) is 33.1 Å². The Morgan fingerprint density at radius 1 is 1.25 bits per heavy atom. The molecule has 0 fully saturated rings. The van der Waals surface area contributed by atoms with Gasteiger partial charge in [-0.15, -0.1) is 10.2 Å². The maximum absolute atomic E-state index is 9.43. The molecule has 0 unspecified atom stereocenters. The van der Waals surface area contributed by atoms with Gasteiger partial charge in [-0.3, -0.25) is 0 Å². The van der Waals surface area contributed by atoms with E-state index in [-0.39, 0.29) is 11.3 Å². The number of aromatic hydroxyl groups is 1. The SMILES string of the molecule is CC(C)(C)NCCCc1nnc(-c2cccc(O)c2)o1. The van der Waals surface area contributed by atoms with E-state index in [0.29, 0.717) is 11.8 Å². The van der Waals surface area contributed by atoms with E-state index < -0.39 is 0 Å². The topological polar surface area (TPSA) is 71.2 Å². The Kier molecular flexibility index (Phi) is 4.39. The van der Waals surface area contributed by atoms with Gasteiger partial charge in [0.25, 0.3) is 0 Å². The molecule has 1 aromatic carbocycles. The maximum atomic E-state index is 9.43. The lowest BCUT2D eigenvalue weighted by Gasteiger charge is -2.19. The van der Waals surface area contributed by atoms with Crippen molar-refractivity contribution in [1.82, 2.24) is 15.5 Å². The van der Waals surface area contributed by atoms with Crippen molar-refractivity contribution < 1.29 is 9.52 Å². The summed E-state index contributed by atoms with van der Waals surface area (Å²) in [5.41, 5.74) is 0.859. The summed E-state index contributed by atoms with van der Waals surface area (Å²) in [6, 6.07) is 6.80. The highest BCUT2D eigenvalue weighted by Crippen LogP contribution is 2.22. The van der Waals surface area contributed by atoms with Gasteiger partial charge in [-0.25, -0.2) is 0 Å². The minimum Gasteiger partial charge on any atom is -0.508 e. The lowest BCUT2D eigenvalue weighted by atomic mass is 10.1. The van der Waals surface area contributed by atoms with Crippen molar-refractivity contribution in [1.29, 1.82) is 0 Å². The number of phenolic OH excluding ortho intramolecular Hbond substituents is 1. The lowest BCUT2D eigenvalue weighted by Crippen LogP contribution is -2.36. The maximum Gasteiger partial charge on any atom is 0.247 e. The van der Waals surface area contributed by atoms with Gasteiger partial charge in [-0.05, 0) is 51.9 Å². The molecule has 5 heteroatoms. The van der Waals surface area contributed by atoms with Gasteiger partial charge in [-0.2, -0.15) is 0 Å².